The molecule has 2 aliphatic heterocycles. The van der Waals surface area contributed by atoms with Crippen LogP contribution in [-0.4, -0.2) is 31.5 Å². The number of aromatic hydroxyl groups is 1. The van der Waals surface area contributed by atoms with Crippen LogP contribution >= 0.6 is 0 Å². The fourth-order valence-corrected chi connectivity index (χ4v) is 3.76. The van der Waals surface area contributed by atoms with E-state index in [9.17, 15) is 5.11 Å². The fourth-order valence-electron chi connectivity index (χ4n) is 3.76. The van der Waals surface area contributed by atoms with Gasteiger partial charge >= 0.3 is 0 Å². The molecule has 2 aromatic rings. The number of phenols is 1. The van der Waals surface area contributed by atoms with Gasteiger partial charge in [0.15, 0.2) is 11.5 Å². The van der Waals surface area contributed by atoms with Crippen molar-refractivity contribution < 1.29 is 24.1 Å². The largest absolute Gasteiger partial charge is 0.504 e. The van der Waals surface area contributed by atoms with E-state index in [0.29, 0.717) is 18.1 Å². The van der Waals surface area contributed by atoms with Gasteiger partial charge in [-0.25, -0.2) is 0 Å². The van der Waals surface area contributed by atoms with Crippen LogP contribution in [0.1, 0.15) is 36.5 Å². The van der Waals surface area contributed by atoms with Gasteiger partial charge in [0.1, 0.15) is 17.1 Å². The first kappa shape index (κ1) is 17.6. The van der Waals surface area contributed by atoms with Gasteiger partial charge in [0.25, 0.3) is 0 Å². The minimum Gasteiger partial charge on any atom is -0.504 e. The van der Waals surface area contributed by atoms with Gasteiger partial charge in [-0.15, -0.1) is 0 Å². The first-order valence-corrected chi connectivity index (χ1v) is 9.03. The molecule has 2 aliphatic rings. The molecule has 5 nitrogen and oxygen atoms in total. The number of methoxy groups -OCH3 is 2. The molecule has 0 aromatic heterocycles. The third-order valence-corrected chi connectivity index (χ3v) is 5.11. The van der Waals surface area contributed by atoms with Crippen molar-refractivity contribution in [2.75, 3.05) is 20.8 Å². The maximum atomic E-state index is 10.0. The Balaban J connectivity index is 1.69. The highest BCUT2D eigenvalue weighted by atomic mass is 16.5. The van der Waals surface area contributed by atoms with Gasteiger partial charge in [-0.2, -0.15) is 0 Å². The van der Waals surface area contributed by atoms with Crippen molar-refractivity contribution in [1.82, 2.24) is 0 Å². The van der Waals surface area contributed by atoms with Crippen LogP contribution in [0.3, 0.4) is 0 Å². The lowest BCUT2D eigenvalue weighted by Crippen LogP contribution is -2.28. The van der Waals surface area contributed by atoms with Gasteiger partial charge in [0.2, 0.25) is 5.75 Å². The highest BCUT2D eigenvalue weighted by Gasteiger charge is 2.29. The van der Waals surface area contributed by atoms with Crippen LogP contribution in [0.15, 0.2) is 30.3 Å². The topological polar surface area (TPSA) is 57.2 Å². The van der Waals surface area contributed by atoms with E-state index in [2.05, 4.69) is 18.2 Å². The molecule has 0 amide bonds. The summed E-state index contributed by atoms with van der Waals surface area (Å²) in [5.74, 6) is 2.78. The van der Waals surface area contributed by atoms with Crippen molar-refractivity contribution in [1.29, 1.82) is 0 Å². The lowest BCUT2D eigenvalue weighted by Gasteiger charge is -2.31. The number of hydrogen-bond acceptors (Lipinski definition) is 5. The van der Waals surface area contributed by atoms with Gasteiger partial charge < -0.3 is 24.1 Å². The monoisotopic (exact) mass is 368 g/mol. The van der Waals surface area contributed by atoms with E-state index in [1.165, 1.54) is 7.11 Å². The second-order valence-corrected chi connectivity index (χ2v) is 7.49. The van der Waals surface area contributed by atoms with Crippen molar-refractivity contribution in [2.45, 2.75) is 31.8 Å². The van der Waals surface area contributed by atoms with Crippen LogP contribution in [-0.2, 0) is 6.42 Å². The molecule has 0 radical (unpaired) electrons. The molecule has 0 fully saturated rings. The van der Waals surface area contributed by atoms with Gasteiger partial charge in [-0.3, -0.25) is 0 Å². The van der Waals surface area contributed by atoms with Crippen LogP contribution in [0.4, 0.5) is 0 Å². The molecule has 0 aliphatic carbocycles. The van der Waals surface area contributed by atoms with Crippen LogP contribution in [0.5, 0.6) is 28.7 Å². The number of hydrogen-bond donors (Lipinski definition) is 1. The lowest BCUT2D eigenvalue weighted by molar-refractivity contribution is 0.157. The van der Waals surface area contributed by atoms with E-state index in [-0.39, 0.29) is 17.3 Å². The van der Waals surface area contributed by atoms with Crippen molar-refractivity contribution in [3.8, 4) is 28.7 Å². The molecule has 2 heterocycles. The summed E-state index contributed by atoms with van der Waals surface area (Å²) < 4.78 is 23.0. The average molecular weight is 368 g/mol. The molecule has 142 valence electrons. The van der Waals surface area contributed by atoms with E-state index in [0.717, 1.165) is 34.6 Å². The van der Waals surface area contributed by atoms with Crippen LogP contribution in [0, 0.1) is 0 Å². The molecule has 0 saturated carbocycles. The summed E-state index contributed by atoms with van der Waals surface area (Å²) in [6.45, 7) is 4.59. The second-order valence-electron chi connectivity index (χ2n) is 7.49. The van der Waals surface area contributed by atoms with Crippen molar-refractivity contribution >= 4 is 6.08 Å². The summed E-state index contributed by atoms with van der Waals surface area (Å²) >= 11 is 0. The Morgan fingerprint density at radius 2 is 1.85 bits per heavy atom. The zero-order chi connectivity index (χ0) is 19.2. The van der Waals surface area contributed by atoms with Crippen LogP contribution in [0.2, 0.25) is 0 Å². The number of ether oxygens (including phenoxy) is 4. The van der Waals surface area contributed by atoms with Gasteiger partial charge in [0.05, 0.1) is 20.8 Å². The van der Waals surface area contributed by atoms with Crippen molar-refractivity contribution in [3.63, 3.8) is 0 Å². The number of benzene rings is 2. The normalized spacial score (nSPS) is 19.3. The van der Waals surface area contributed by atoms with E-state index in [1.807, 2.05) is 26.0 Å². The highest BCUT2D eigenvalue weighted by molar-refractivity contribution is 5.65. The summed E-state index contributed by atoms with van der Waals surface area (Å²) in [5, 5.41) is 10.0. The summed E-state index contributed by atoms with van der Waals surface area (Å²) in [5.41, 5.74) is 2.84. The fraction of sp³-hybridized carbons (Fsp3) is 0.364. The Hall–Kier alpha value is -2.82. The van der Waals surface area contributed by atoms with E-state index >= 15 is 0 Å². The molecule has 5 heteroatoms. The summed E-state index contributed by atoms with van der Waals surface area (Å²) in [7, 11) is 3.10. The Morgan fingerprint density at radius 1 is 1.07 bits per heavy atom. The van der Waals surface area contributed by atoms with Gasteiger partial charge in [0, 0.05) is 23.1 Å². The third-order valence-electron chi connectivity index (χ3n) is 5.11. The Morgan fingerprint density at radius 3 is 2.59 bits per heavy atom. The molecule has 2 aromatic carbocycles. The van der Waals surface area contributed by atoms with Crippen LogP contribution < -0.4 is 18.9 Å². The minimum atomic E-state index is -0.311. The van der Waals surface area contributed by atoms with Gasteiger partial charge in [-0.1, -0.05) is 12.1 Å². The molecule has 0 saturated heterocycles. The number of phenolic OH excluding ortho intramolecular Hbond substituents is 1. The Labute approximate surface area is 159 Å². The van der Waals surface area contributed by atoms with Crippen molar-refractivity contribution in [2.24, 2.45) is 0 Å². The van der Waals surface area contributed by atoms with E-state index in [4.69, 9.17) is 18.9 Å². The molecular formula is C22H24O5. The summed E-state index contributed by atoms with van der Waals surface area (Å²) in [6, 6.07) is 7.63. The molecule has 1 N–H and O–H groups in total. The summed E-state index contributed by atoms with van der Waals surface area (Å²) in [6.07, 6.45) is 4.98. The smallest absolute Gasteiger partial charge is 0.203 e. The number of rotatable bonds is 3. The predicted molar refractivity (Wildman–Crippen MR) is 103 cm³/mol. The van der Waals surface area contributed by atoms with Gasteiger partial charge in [-0.05, 0) is 44.0 Å². The standard InChI is InChI=1S/C22H24O5/c1-22(2)8-7-13-9-14-10-15(12-26-18(14)11-19(13)27-22)16-5-6-17(23)21(25-4)20(16)24-3/h5-9,11,15,23H,10,12H2,1-4H3/t15-/m0/s1. The molecule has 27 heavy (non-hydrogen) atoms. The molecule has 0 spiro atoms. The molecule has 4 rings (SSSR count). The lowest BCUT2D eigenvalue weighted by atomic mass is 9.88. The zero-order valence-corrected chi connectivity index (χ0v) is 16.0. The maximum Gasteiger partial charge on any atom is 0.203 e. The molecular weight excluding hydrogens is 344 g/mol. The highest BCUT2D eigenvalue weighted by Crippen LogP contribution is 2.46. The third kappa shape index (κ3) is 3.07. The van der Waals surface area contributed by atoms with Crippen molar-refractivity contribution in [3.05, 3.63) is 47.0 Å². The maximum absolute atomic E-state index is 10.0. The second kappa shape index (κ2) is 6.41. The minimum absolute atomic E-state index is 0.0641. The number of fused-ring (bicyclic) bond motifs is 2. The average Bonchev–Trinajstić information content (AvgIpc) is 2.65. The molecule has 1 atom stereocenters. The first-order valence-electron chi connectivity index (χ1n) is 9.03. The van der Waals surface area contributed by atoms with E-state index in [1.54, 1.807) is 13.2 Å². The SMILES string of the molecule is COc1c(O)ccc([C@@H]2COc3cc4c(cc3C2)C=CC(C)(C)O4)c1OC. The first-order chi connectivity index (χ1) is 12.9. The Bertz CT molecular complexity index is 913. The van der Waals surface area contributed by atoms with E-state index < -0.39 is 0 Å². The van der Waals surface area contributed by atoms with Crippen LogP contribution in [0.25, 0.3) is 6.08 Å². The summed E-state index contributed by atoms with van der Waals surface area (Å²) in [4.78, 5) is 0. The predicted octanol–water partition coefficient (Wildman–Crippen LogP) is 4.31. The quantitative estimate of drug-likeness (QED) is 0.875. The molecule has 0 bridgehead atoms. The molecule has 0 unspecified atom stereocenters. The Kier molecular flexibility index (Phi) is 4.17. The zero-order valence-electron chi connectivity index (χ0n) is 16.0.